The Morgan fingerprint density at radius 3 is 1.69 bits per heavy atom. The fourth-order valence-electron chi connectivity index (χ4n) is 16.8. The highest BCUT2D eigenvalue weighted by atomic mass is 19.4. The molecular formula is C71H107F11N12O12. The van der Waals surface area contributed by atoms with Gasteiger partial charge in [-0.2, -0.15) is 39.5 Å². The summed E-state index contributed by atoms with van der Waals surface area (Å²) in [4.78, 5) is 187. The molecule has 3 saturated heterocycles. The summed E-state index contributed by atoms with van der Waals surface area (Å²) in [5.41, 5.74) is -1.75. The minimum Gasteiger partial charge on any atom is -0.343 e. The molecule has 7 fully saturated rings. The van der Waals surface area contributed by atoms with Gasteiger partial charge in [-0.15, -0.1) is 0 Å². The van der Waals surface area contributed by atoms with Crippen molar-refractivity contribution in [1.29, 1.82) is 0 Å². The second kappa shape index (κ2) is 36.4. The van der Waals surface area contributed by atoms with Crippen LogP contribution in [0.25, 0.3) is 0 Å². The van der Waals surface area contributed by atoms with E-state index in [0.29, 0.717) is 56.3 Å². The first kappa shape index (κ1) is 86.1. The number of amides is 12. The maximum Gasteiger partial charge on any atom is 0.397 e. The molecule has 1 spiro atoms. The van der Waals surface area contributed by atoms with Gasteiger partial charge in [0, 0.05) is 69.0 Å². The van der Waals surface area contributed by atoms with Gasteiger partial charge in [-0.05, 0) is 133 Å². The Balaban J connectivity index is 1.29. The van der Waals surface area contributed by atoms with Crippen molar-refractivity contribution in [3.8, 4) is 0 Å². The lowest BCUT2D eigenvalue weighted by atomic mass is 9.76. The first-order valence-electron chi connectivity index (χ1n) is 37.3. The third kappa shape index (κ3) is 21.4. The Morgan fingerprint density at radius 2 is 1.12 bits per heavy atom. The summed E-state index contributed by atoms with van der Waals surface area (Å²) in [6.07, 6.45) is -21.7. The number of hydrogen-bond acceptors (Lipinski definition) is 12. The van der Waals surface area contributed by atoms with E-state index in [0.717, 1.165) is 64.0 Å². The number of hydrogen-bond donors (Lipinski definition) is 3. The van der Waals surface area contributed by atoms with Crippen molar-refractivity contribution >= 4 is 70.9 Å². The molecule has 12 amide bonds. The molecule has 0 radical (unpaired) electrons. The Kier molecular flexibility index (Phi) is 29.6. The van der Waals surface area contributed by atoms with Crippen molar-refractivity contribution in [1.82, 2.24) is 60.0 Å². The van der Waals surface area contributed by atoms with E-state index in [4.69, 9.17) is 0 Å². The Morgan fingerprint density at radius 1 is 0.547 bits per heavy atom. The minimum atomic E-state index is -5.22. The number of nitrogens with one attached hydrogen (secondary N) is 3. The van der Waals surface area contributed by atoms with Gasteiger partial charge in [0.2, 0.25) is 70.9 Å². The number of fused-ring (bicyclic) bond motifs is 1. The van der Waals surface area contributed by atoms with E-state index in [-0.39, 0.29) is 90.3 Å². The SMILES string of the molecule is CC[C@H](C)[C@@H]1NC(=O)[C@H](CC(F)(F)F)N(C)C(=O)C[C@@H](C(=O)N2CCCC2)N(C)C(=O)[C@H](C2CCCCC2)N(C)C(=O)C2(CCCC2)NC(=O)[C@@H]2CCCN2C(=O)[C@H](CCC2CC(F)C(C(F)(F)F)C(F)C2)NC(=O)CN(C)C(=O)[C@H](CC2CCC(C(F)(F)F)CC2)N(C)C(=O)CN(C)C(=O)CN(C)C1=O. The first-order chi connectivity index (χ1) is 49.5. The minimum absolute atomic E-state index is 0.0177. The fourth-order valence-corrected chi connectivity index (χ4v) is 16.8. The van der Waals surface area contributed by atoms with Crippen LogP contribution in [0.1, 0.15) is 174 Å². The number of carbonyl (C=O) groups excluding carboxylic acids is 12. The lowest BCUT2D eigenvalue weighted by molar-refractivity contribution is -0.219. The van der Waals surface area contributed by atoms with E-state index in [1.807, 2.05) is 0 Å². The summed E-state index contributed by atoms with van der Waals surface area (Å²) >= 11 is 0. The van der Waals surface area contributed by atoms with Gasteiger partial charge in [0.25, 0.3) is 0 Å². The van der Waals surface area contributed by atoms with Crippen LogP contribution in [0.4, 0.5) is 48.3 Å². The van der Waals surface area contributed by atoms with E-state index in [9.17, 15) is 77.9 Å². The molecule has 10 atom stereocenters. The molecule has 7 aliphatic rings. The van der Waals surface area contributed by atoms with Crippen LogP contribution in [0.3, 0.4) is 0 Å². The number of carbonyl (C=O) groups is 12. The highest BCUT2D eigenvalue weighted by Gasteiger charge is 2.55. The molecule has 106 heavy (non-hydrogen) atoms. The van der Waals surface area contributed by atoms with E-state index < -0.39 is 237 Å². The van der Waals surface area contributed by atoms with Gasteiger partial charge in [0.05, 0.1) is 38.4 Å². The smallest absolute Gasteiger partial charge is 0.343 e. The summed E-state index contributed by atoms with van der Waals surface area (Å²) < 4.78 is 158. The van der Waals surface area contributed by atoms with Gasteiger partial charge in [0.1, 0.15) is 66.1 Å². The van der Waals surface area contributed by atoms with E-state index in [2.05, 4.69) is 16.0 Å². The van der Waals surface area contributed by atoms with E-state index in [1.165, 1.54) is 37.9 Å². The second-order valence-electron chi connectivity index (χ2n) is 30.9. The summed E-state index contributed by atoms with van der Waals surface area (Å²) in [6, 6.07) is -11.8. The second-order valence-corrected chi connectivity index (χ2v) is 30.9. The van der Waals surface area contributed by atoms with Crippen LogP contribution in [0.2, 0.25) is 0 Å². The predicted octanol–water partition coefficient (Wildman–Crippen LogP) is 6.47. The van der Waals surface area contributed by atoms with Crippen LogP contribution in [0, 0.1) is 35.5 Å². The third-order valence-corrected chi connectivity index (χ3v) is 23.5. The van der Waals surface area contributed by atoms with E-state index in [1.54, 1.807) is 6.92 Å². The molecule has 4 aliphatic carbocycles. The quantitative estimate of drug-likeness (QED) is 0.199. The molecule has 2 unspecified atom stereocenters. The van der Waals surface area contributed by atoms with Gasteiger partial charge >= 0.3 is 18.5 Å². The predicted molar refractivity (Wildman–Crippen MR) is 362 cm³/mol. The normalized spacial score (nSPS) is 31.2. The molecule has 3 heterocycles. The average Bonchev–Trinajstić information content (AvgIpc) is 1.55. The lowest BCUT2D eigenvalue weighted by Gasteiger charge is -2.43. The van der Waals surface area contributed by atoms with Crippen LogP contribution in [-0.2, 0) is 57.5 Å². The molecule has 0 aromatic carbocycles. The molecule has 0 aromatic rings. The highest BCUT2D eigenvalue weighted by Crippen LogP contribution is 2.46. The van der Waals surface area contributed by atoms with Crippen molar-refractivity contribution in [3.63, 3.8) is 0 Å². The maximum absolute atomic E-state index is 15.6. The van der Waals surface area contributed by atoms with Crippen molar-refractivity contribution in [2.24, 2.45) is 35.5 Å². The molecule has 3 N–H and O–H groups in total. The van der Waals surface area contributed by atoms with Crippen LogP contribution in [0.5, 0.6) is 0 Å². The summed E-state index contributed by atoms with van der Waals surface area (Å²) in [6.45, 7) is 0.772. The third-order valence-electron chi connectivity index (χ3n) is 23.5. The average molecular weight is 1530 g/mol. The lowest BCUT2D eigenvalue weighted by Crippen LogP contribution is -2.65. The van der Waals surface area contributed by atoms with Crippen molar-refractivity contribution < 1.29 is 106 Å². The van der Waals surface area contributed by atoms with Crippen molar-refractivity contribution in [3.05, 3.63) is 0 Å². The largest absolute Gasteiger partial charge is 0.397 e. The van der Waals surface area contributed by atoms with Gasteiger partial charge in [-0.1, -0.05) is 52.4 Å². The van der Waals surface area contributed by atoms with Crippen LogP contribution < -0.4 is 16.0 Å². The zero-order valence-electron chi connectivity index (χ0n) is 62.2. The number of likely N-dealkylation sites (N-methyl/N-ethyl adjacent to an activating group) is 7. The Labute approximate surface area is 611 Å². The molecule has 4 saturated carbocycles. The van der Waals surface area contributed by atoms with Crippen LogP contribution in [-0.4, -0.2) is 282 Å². The van der Waals surface area contributed by atoms with Gasteiger partial charge < -0.3 is 60.0 Å². The van der Waals surface area contributed by atoms with Gasteiger partial charge in [-0.3, -0.25) is 57.5 Å². The molecule has 35 heteroatoms. The molecule has 0 bridgehead atoms. The monoisotopic (exact) mass is 1530 g/mol. The van der Waals surface area contributed by atoms with Crippen LogP contribution in [0.15, 0.2) is 0 Å². The summed E-state index contributed by atoms with van der Waals surface area (Å²) in [7, 11) is 8.09. The Hall–Kier alpha value is -7.13. The molecular weight excluding hydrogens is 1420 g/mol. The van der Waals surface area contributed by atoms with Crippen molar-refractivity contribution in [2.45, 2.75) is 253 Å². The topological polar surface area (TPSA) is 270 Å². The van der Waals surface area contributed by atoms with E-state index >= 15 is 28.0 Å². The summed E-state index contributed by atoms with van der Waals surface area (Å²) in [5, 5.41) is 7.86. The molecule has 0 aromatic heterocycles. The molecule has 3 aliphatic heterocycles. The Bertz CT molecular complexity index is 3130. The van der Waals surface area contributed by atoms with Crippen molar-refractivity contribution in [2.75, 3.05) is 88.6 Å². The highest BCUT2D eigenvalue weighted by molar-refractivity contribution is 6.01. The number of alkyl halides is 11. The zero-order valence-corrected chi connectivity index (χ0v) is 62.2. The number of halogens is 11. The first-order valence-corrected chi connectivity index (χ1v) is 37.3. The van der Waals surface area contributed by atoms with Gasteiger partial charge in [0.15, 0.2) is 0 Å². The maximum atomic E-state index is 15.6. The number of likely N-dealkylation sites (tertiary alicyclic amines) is 1. The zero-order chi connectivity index (χ0) is 78.8. The fraction of sp³-hybridized carbons (Fsp3) is 0.831. The van der Waals surface area contributed by atoms with Gasteiger partial charge in [-0.25, -0.2) is 8.78 Å². The molecule has 7 rings (SSSR count). The molecule has 600 valence electrons. The van der Waals surface area contributed by atoms with Crippen LogP contribution >= 0.6 is 0 Å². The number of rotatable bonds is 10. The summed E-state index contributed by atoms with van der Waals surface area (Å²) in [5.74, 6) is -19.4. The number of nitrogens with zero attached hydrogens (tertiary/aromatic N) is 9. The molecule has 24 nitrogen and oxygen atoms in total. The standard InChI is InChI=1S/C71H107F11N12O12/c1-10-41(2)58-65(104)88(5)39-55(97)86(3)40-56(98)89(6)50(35-42-22-25-45(26-23-42)70(77,78)79)63(102)87(4)38-53(95)83-48(27-24-43-33-46(72)57(47(73)34-43)71(80,81)82)62(101)94-32-18-21-49(94)61(100)85-68(28-14-15-29-68)67(106)92(9)59(44-19-12-11-13-20-44)66(105)91(8)51(64(103)93-30-16-17-31-93)36-54(96)90(7)52(60(99)84-58)37-69(74,75)76/h41-52,57-59H,10-40H2,1-9H3,(H,83,95)(H,84,99)(H,85,100)/t41-,42?,43?,45?,46?,47?,48-,49-,50-,51-,52-,57?,58-,59-/m0/s1.